The summed E-state index contributed by atoms with van der Waals surface area (Å²) in [6.45, 7) is 9.10. The van der Waals surface area contributed by atoms with E-state index in [0.29, 0.717) is 6.61 Å². The summed E-state index contributed by atoms with van der Waals surface area (Å²) in [5.41, 5.74) is 13.7. The maximum Gasteiger partial charge on any atom is 0.204 e. The zero-order valence-corrected chi connectivity index (χ0v) is 19.3. The number of benzene rings is 2. The van der Waals surface area contributed by atoms with Crippen LogP contribution in [0.1, 0.15) is 12.5 Å². The van der Waals surface area contributed by atoms with Crippen molar-refractivity contribution in [3.63, 3.8) is 0 Å². The second kappa shape index (κ2) is 13.8. The summed E-state index contributed by atoms with van der Waals surface area (Å²) in [6, 6.07) is 15.0. The molecule has 0 bridgehead atoms. The average Bonchev–Trinajstić information content (AvgIpc) is 2.70. The molecule has 1 fully saturated rings. The first-order valence-corrected chi connectivity index (χ1v) is 10.6. The van der Waals surface area contributed by atoms with Crippen molar-refractivity contribution in [1.82, 2.24) is 0 Å². The molecular weight excluding hydrogens is 452 g/mol. The number of rotatable bonds is 4. The molecule has 0 saturated carbocycles. The predicted octanol–water partition coefficient (Wildman–Crippen LogP) is 3.49. The van der Waals surface area contributed by atoms with Crippen LogP contribution in [0.4, 0.5) is 11.4 Å². The summed E-state index contributed by atoms with van der Waals surface area (Å²) in [5, 5.41) is 0. The van der Waals surface area contributed by atoms with Gasteiger partial charge in [0, 0.05) is 42.0 Å². The third-order valence-corrected chi connectivity index (χ3v) is 4.79. The van der Waals surface area contributed by atoms with Crippen LogP contribution >= 0.6 is 28.1 Å². The van der Waals surface area contributed by atoms with Crippen molar-refractivity contribution in [2.24, 2.45) is 11.5 Å². The molecule has 0 aromatic heterocycles. The number of ether oxygens (including phenoxy) is 1. The number of halogens is 1. The van der Waals surface area contributed by atoms with E-state index in [9.17, 15) is 0 Å². The minimum atomic E-state index is 0.250. The highest BCUT2D eigenvalue weighted by Crippen LogP contribution is 2.26. The lowest BCUT2D eigenvalue weighted by molar-refractivity contribution is -0.106. The molecule has 158 valence electrons. The highest BCUT2D eigenvalue weighted by atomic mass is 79.9. The second-order valence-electron chi connectivity index (χ2n) is 6.10. The van der Waals surface area contributed by atoms with Crippen LogP contribution < -0.4 is 26.0 Å². The third kappa shape index (κ3) is 8.29. The van der Waals surface area contributed by atoms with Gasteiger partial charge in [-0.2, -0.15) is 0 Å². The third-order valence-electron chi connectivity index (χ3n) is 4.29. The Morgan fingerprint density at radius 1 is 1.07 bits per heavy atom. The molecule has 1 heterocycles. The number of carbonyl (C=O) groups is 1. The van der Waals surface area contributed by atoms with Gasteiger partial charge in [-0.05, 0) is 61.9 Å². The largest absolute Gasteiger partial charge is 0.494 e. The van der Waals surface area contributed by atoms with Crippen LogP contribution in [0.2, 0.25) is 0 Å². The van der Waals surface area contributed by atoms with Crippen LogP contribution in [0.25, 0.3) is 0 Å². The van der Waals surface area contributed by atoms with Crippen molar-refractivity contribution in [3.8, 4) is 5.75 Å². The molecule has 1 amide bonds. The van der Waals surface area contributed by atoms with Gasteiger partial charge in [-0.25, -0.2) is 0 Å². The Hall–Kier alpha value is -2.32. The van der Waals surface area contributed by atoms with Gasteiger partial charge in [0.05, 0.1) is 12.1 Å². The summed E-state index contributed by atoms with van der Waals surface area (Å²) in [6.07, 6.45) is 0.250. The molecule has 29 heavy (non-hydrogen) atoms. The summed E-state index contributed by atoms with van der Waals surface area (Å²) >= 11 is 7.59. The number of carbonyl (C=O) groups excluding carboxylic acids is 1. The van der Waals surface area contributed by atoms with Crippen LogP contribution in [0.3, 0.4) is 0 Å². The number of nitrogens with zero attached hydrogens (tertiary/aromatic N) is 2. The van der Waals surface area contributed by atoms with Gasteiger partial charge < -0.3 is 26.0 Å². The molecule has 2 aromatic rings. The zero-order valence-electron chi connectivity index (χ0n) is 16.9. The SMILES string of the molecule is CCOc1ccc(N2CCN(c3ccc(Br)cc3C)CC2)cc1.NC=O.NC=S. The number of aryl methyl sites for hydroxylation is 1. The van der Waals surface area contributed by atoms with E-state index in [1.807, 2.05) is 6.92 Å². The molecule has 1 saturated heterocycles. The Morgan fingerprint density at radius 2 is 1.59 bits per heavy atom. The van der Waals surface area contributed by atoms with Crippen molar-refractivity contribution < 1.29 is 9.53 Å². The normalized spacial score (nSPS) is 12.7. The Labute approximate surface area is 186 Å². The van der Waals surface area contributed by atoms with E-state index in [1.54, 1.807) is 0 Å². The van der Waals surface area contributed by atoms with Crippen LogP contribution in [0.5, 0.6) is 5.75 Å². The second-order valence-corrected chi connectivity index (χ2v) is 7.29. The Morgan fingerprint density at radius 3 is 2.07 bits per heavy atom. The van der Waals surface area contributed by atoms with E-state index < -0.39 is 0 Å². The van der Waals surface area contributed by atoms with E-state index in [2.05, 4.69) is 98.8 Å². The molecule has 1 aliphatic rings. The maximum atomic E-state index is 8.58. The van der Waals surface area contributed by atoms with Crippen molar-refractivity contribution in [3.05, 3.63) is 52.5 Å². The van der Waals surface area contributed by atoms with Gasteiger partial charge in [0.2, 0.25) is 6.41 Å². The van der Waals surface area contributed by atoms with Gasteiger partial charge in [-0.3, -0.25) is 4.79 Å². The van der Waals surface area contributed by atoms with Crippen molar-refractivity contribution >= 4 is 51.4 Å². The van der Waals surface area contributed by atoms with Crippen LogP contribution in [-0.4, -0.2) is 44.7 Å². The molecule has 0 atom stereocenters. The van der Waals surface area contributed by atoms with E-state index in [4.69, 9.17) is 9.53 Å². The fraction of sp³-hybridized carbons (Fsp3) is 0.333. The molecule has 3 rings (SSSR count). The highest BCUT2D eigenvalue weighted by molar-refractivity contribution is 9.10. The predicted molar refractivity (Wildman–Crippen MR) is 129 cm³/mol. The standard InChI is InChI=1S/C19H23BrN2O.CH3NO.CH3NS/c1-3-23-18-7-5-17(6-8-18)21-10-12-22(13-11-21)19-9-4-16(20)14-15(19)2;2*2-1-3/h4-9,14H,3,10-13H2,1-2H3;2*1H,(H2,2,3). The number of anilines is 2. The highest BCUT2D eigenvalue weighted by Gasteiger charge is 2.18. The summed E-state index contributed by atoms with van der Waals surface area (Å²) < 4.78 is 6.66. The van der Waals surface area contributed by atoms with Gasteiger partial charge >= 0.3 is 0 Å². The van der Waals surface area contributed by atoms with Gasteiger partial charge in [-0.15, -0.1) is 0 Å². The minimum absolute atomic E-state index is 0.250. The summed E-state index contributed by atoms with van der Waals surface area (Å²) in [5.74, 6) is 0.945. The smallest absolute Gasteiger partial charge is 0.204 e. The number of thiocarbonyl (C=S) groups is 1. The van der Waals surface area contributed by atoms with Gasteiger partial charge in [0.15, 0.2) is 0 Å². The molecule has 0 unspecified atom stereocenters. The lowest BCUT2D eigenvalue weighted by atomic mass is 10.1. The molecule has 8 heteroatoms. The first-order valence-electron chi connectivity index (χ1n) is 9.30. The lowest BCUT2D eigenvalue weighted by Crippen LogP contribution is -2.46. The van der Waals surface area contributed by atoms with E-state index in [1.165, 1.54) is 16.9 Å². The van der Waals surface area contributed by atoms with Crippen molar-refractivity contribution in [1.29, 1.82) is 0 Å². The molecule has 0 radical (unpaired) electrons. The maximum absolute atomic E-state index is 8.58. The molecule has 6 nitrogen and oxygen atoms in total. The van der Waals surface area contributed by atoms with E-state index in [-0.39, 0.29) is 6.41 Å². The number of primary amides is 1. The van der Waals surface area contributed by atoms with E-state index in [0.717, 1.165) is 41.9 Å². The molecule has 1 aliphatic heterocycles. The first kappa shape index (κ1) is 24.7. The summed E-state index contributed by atoms with van der Waals surface area (Å²) in [7, 11) is 0. The Kier molecular flexibility index (Phi) is 11.8. The van der Waals surface area contributed by atoms with Crippen LogP contribution in [-0.2, 0) is 4.79 Å². The fourth-order valence-corrected chi connectivity index (χ4v) is 3.57. The average molecular weight is 481 g/mol. The number of nitrogens with two attached hydrogens (primary N) is 2. The number of hydrogen-bond donors (Lipinski definition) is 2. The summed E-state index contributed by atoms with van der Waals surface area (Å²) in [4.78, 5) is 13.5. The molecule has 0 spiro atoms. The monoisotopic (exact) mass is 480 g/mol. The first-order chi connectivity index (χ1) is 14.0. The molecule has 2 aromatic carbocycles. The lowest BCUT2D eigenvalue weighted by Gasteiger charge is -2.38. The molecule has 0 aliphatic carbocycles. The van der Waals surface area contributed by atoms with Gasteiger partial charge in [-0.1, -0.05) is 28.1 Å². The fourth-order valence-electron chi connectivity index (χ4n) is 3.10. The Bertz CT molecular complexity index is 745. The Balaban J connectivity index is 0.000000626. The number of hydrogen-bond acceptors (Lipinski definition) is 5. The topological polar surface area (TPSA) is 84.8 Å². The van der Waals surface area contributed by atoms with Gasteiger partial charge in [0.1, 0.15) is 5.75 Å². The van der Waals surface area contributed by atoms with Crippen molar-refractivity contribution in [2.45, 2.75) is 13.8 Å². The number of piperazine rings is 1. The quantitative estimate of drug-likeness (QED) is 0.514. The van der Waals surface area contributed by atoms with E-state index >= 15 is 0 Å². The van der Waals surface area contributed by atoms with Crippen LogP contribution in [0.15, 0.2) is 46.9 Å². The zero-order chi connectivity index (χ0) is 21.6. The van der Waals surface area contributed by atoms with Crippen LogP contribution in [0, 0.1) is 6.92 Å². The van der Waals surface area contributed by atoms with Gasteiger partial charge in [0.25, 0.3) is 0 Å². The molecule has 4 N–H and O–H groups in total. The number of amides is 1. The minimum Gasteiger partial charge on any atom is -0.494 e. The van der Waals surface area contributed by atoms with Crippen molar-refractivity contribution in [2.75, 3.05) is 42.6 Å². The molecular formula is C21H29BrN4O2S.